The Hall–Kier alpha value is -2.89. The van der Waals surface area contributed by atoms with Crippen molar-refractivity contribution in [3.63, 3.8) is 0 Å². The maximum Gasteiger partial charge on any atom is 0.266 e. The zero-order valence-corrected chi connectivity index (χ0v) is 17.6. The molecule has 0 bridgehead atoms. The highest BCUT2D eigenvalue weighted by molar-refractivity contribution is 8.26. The molecule has 0 aliphatic carbocycles. The fourth-order valence-electron chi connectivity index (χ4n) is 3.24. The van der Waals surface area contributed by atoms with Crippen LogP contribution in [0.2, 0.25) is 0 Å². The standard InChI is InChI=1S/C24H20N2OS2/c1-2-25-23(27)22(29-24(25)28)17-18-13-15-21(16-14-18)26(19-9-5-3-6-10-19)20-11-7-4-8-12-20/h3-17H,2H2,1H3/b22-17-. The second kappa shape index (κ2) is 8.64. The maximum atomic E-state index is 12.4. The first-order valence-electron chi connectivity index (χ1n) is 9.43. The summed E-state index contributed by atoms with van der Waals surface area (Å²) in [4.78, 5) is 17.0. The van der Waals surface area contributed by atoms with Gasteiger partial charge in [-0.1, -0.05) is 72.5 Å². The molecule has 0 N–H and O–H groups in total. The Kier molecular flexibility index (Phi) is 5.79. The van der Waals surface area contributed by atoms with E-state index in [0.717, 1.165) is 22.6 Å². The van der Waals surface area contributed by atoms with E-state index < -0.39 is 0 Å². The number of amides is 1. The van der Waals surface area contributed by atoms with Crippen molar-refractivity contribution in [3.05, 3.63) is 95.4 Å². The molecular weight excluding hydrogens is 396 g/mol. The molecule has 1 aliphatic rings. The molecule has 3 nitrogen and oxygen atoms in total. The summed E-state index contributed by atoms with van der Waals surface area (Å²) in [7, 11) is 0. The van der Waals surface area contributed by atoms with Crippen molar-refractivity contribution in [2.75, 3.05) is 11.4 Å². The Labute approximate surface area is 180 Å². The van der Waals surface area contributed by atoms with Crippen molar-refractivity contribution in [2.45, 2.75) is 6.92 Å². The molecule has 29 heavy (non-hydrogen) atoms. The SMILES string of the molecule is CCN1C(=O)/C(=C/c2ccc(N(c3ccccc3)c3ccccc3)cc2)SC1=S. The minimum atomic E-state index is -0.0122. The van der Waals surface area contributed by atoms with Crippen LogP contribution in [0.1, 0.15) is 12.5 Å². The Balaban J connectivity index is 1.66. The number of carbonyl (C=O) groups excluding carboxylic acids is 1. The normalized spacial score (nSPS) is 15.2. The van der Waals surface area contributed by atoms with Gasteiger partial charge in [-0.15, -0.1) is 0 Å². The number of benzene rings is 3. The van der Waals surface area contributed by atoms with E-state index in [-0.39, 0.29) is 5.91 Å². The zero-order valence-electron chi connectivity index (χ0n) is 16.0. The summed E-state index contributed by atoms with van der Waals surface area (Å²) in [5, 5.41) is 0. The molecule has 5 heteroatoms. The van der Waals surface area contributed by atoms with E-state index in [9.17, 15) is 4.79 Å². The van der Waals surface area contributed by atoms with Crippen molar-refractivity contribution in [1.29, 1.82) is 0 Å². The predicted octanol–water partition coefficient (Wildman–Crippen LogP) is 6.38. The summed E-state index contributed by atoms with van der Waals surface area (Å²) in [6, 6.07) is 28.8. The Morgan fingerprint density at radius 1 is 0.862 bits per heavy atom. The van der Waals surface area contributed by atoms with E-state index in [1.54, 1.807) is 4.90 Å². The van der Waals surface area contributed by atoms with Gasteiger partial charge in [0.1, 0.15) is 4.32 Å². The number of para-hydroxylation sites is 2. The lowest BCUT2D eigenvalue weighted by molar-refractivity contribution is -0.121. The van der Waals surface area contributed by atoms with E-state index in [0.29, 0.717) is 15.8 Å². The molecule has 1 heterocycles. The van der Waals surface area contributed by atoms with Gasteiger partial charge in [0.05, 0.1) is 4.91 Å². The number of thiocarbonyl (C=S) groups is 1. The van der Waals surface area contributed by atoms with Crippen LogP contribution in [0.5, 0.6) is 0 Å². The van der Waals surface area contributed by atoms with Gasteiger partial charge in [-0.05, 0) is 55.0 Å². The second-order valence-corrected chi connectivity index (χ2v) is 8.20. The largest absolute Gasteiger partial charge is 0.311 e. The van der Waals surface area contributed by atoms with Gasteiger partial charge in [0, 0.05) is 23.6 Å². The third-order valence-electron chi connectivity index (χ3n) is 4.67. The van der Waals surface area contributed by atoms with E-state index in [1.165, 1.54) is 11.8 Å². The van der Waals surface area contributed by atoms with Gasteiger partial charge in [-0.3, -0.25) is 9.69 Å². The highest BCUT2D eigenvalue weighted by atomic mass is 32.2. The first kappa shape index (κ1) is 19.4. The summed E-state index contributed by atoms with van der Waals surface area (Å²) in [6.07, 6.45) is 1.91. The average molecular weight is 417 g/mol. The molecule has 0 atom stereocenters. The molecule has 1 saturated heterocycles. The minimum Gasteiger partial charge on any atom is -0.311 e. The van der Waals surface area contributed by atoms with E-state index in [2.05, 4.69) is 41.3 Å². The molecule has 3 aromatic carbocycles. The van der Waals surface area contributed by atoms with Crippen LogP contribution < -0.4 is 4.90 Å². The highest BCUT2D eigenvalue weighted by Gasteiger charge is 2.30. The van der Waals surface area contributed by atoms with Gasteiger partial charge in [0.15, 0.2) is 0 Å². The molecule has 0 radical (unpaired) electrons. The van der Waals surface area contributed by atoms with Crippen LogP contribution in [0.15, 0.2) is 89.8 Å². The van der Waals surface area contributed by atoms with Crippen LogP contribution in [-0.2, 0) is 4.79 Å². The van der Waals surface area contributed by atoms with Gasteiger partial charge >= 0.3 is 0 Å². The molecule has 1 fully saturated rings. The molecule has 0 spiro atoms. The third kappa shape index (κ3) is 4.11. The number of anilines is 3. The van der Waals surface area contributed by atoms with E-state index in [1.807, 2.05) is 61.5 Å². The predicted molar refractivity (Wildman–Crippen MR) is 127 cm³/mol. The molecule has 144 valence electrons. The van der Waals surface area contributed by atoms with Crippen LogP contribution in [0.25, 0.3) is 6.08 Å². The van der Waals surface area contributed by atoms with Crippen molar-refractivity contribution < 1.29 is 4.79 Å². The van der Waals surface area contributed by atoms with Crippen LogP contribution in [-0.4, -0.2) is 21.7 Å². The monoisotopic (exact) mass is 416 g/mol. The molecule has 0 unspecified atom stereocenters. The Morgan fingerprint density at radius 3 is 1.86 bits per heavy atom. The van der Waals surface area contributed by atoms with Crippen LogP contribution in [0, 0.1) is 0 Å². The molecule has 0 aromatic heterocycles. The van der Waals surface area contributed by atoms with E-state index in [4.69, 9.17) is 12.2 Å². The molecule has 4 rings (SSSR count). The topological polar surface area (TPSA) is 23.6 Å². The van der Waals surface area contributed by atoms with Crippen molar-refractivity contribution in [3.8, 4) is 0 Å². The highest BCUT2D eigenvalue weighted by Crippen LogP contribution is 2.35. The quantitative estimate of drug-likeness (QED) is 0.356. The smallest absolute Gasteiger partial charge is 0.266 e. The number of carbonyl (C=O) groups is 1. The van der Waals surface area contributed by atoms with Gasteiger partial charge in [0.2, 0.25) is 0 Å². The van der Waals surface area contributed by atoms with Crippen molar-refractivity contribution in [2.24, 2.45) is 0 Å². The molecule has 1 aliphatic heterocycles. The Bertz CT molecular complexity index is 1010. The lowest BCUT2D eigenvalue weighted by Crippen LogP contribution is -2.27. The number of nitrogens with zero attached hydrogens (tertiary/aromatic N) is 2. The number of hydrogen-bond donors (Lipinski definition) is 0. The minimum absolute atomic E-state index is 0.0122. The first-order chi connectivity index (χ1) is 14.2. The van der Waals surface area contributed by atoms with Gasteiger partial charge < -0.3 is 4.90 Å². The van der Waals surface area contributed by atoms with Gasteiger partial charge in [-0.2, -0.15) is 0 Å². The molecule has 0 saturated carbocycles. The van der Waals surface area contributed by atoms with Gasteiger partial charge in [0.25, 0.3) is 5.91 Å². The lowest BCUT2D eigenvalue weighted by Gasteiger charge is -2.25. The summed E-state index contributed by atoms with van der Waals surface area (Å²) in [5.74, 6) is -0.0122. The second-order valence-electron chi connectivity index (χ2n) is 6.52. The van der Waals surface area contributed by atoms with E-state index >= 15 is 0 Å². The van der Waals surface area contributed by atoms with Crippen LogP contribution in [0.4, 0.5) is 17.1 Å². The lowest BCUT2D eigenvalue weighted by atomic mass is 10.1. The fourth-order valence-corrected chi connectivity index (χ4v) is 4.63. The zero-order chi connectivity index (χ0) is 20.2. The number of likely N-dealkylation sites (N-methyl/N-ethyl adjacent to an activating group) is 1. The number of thioether (sulfide) groups is 1. The summed E-state index contributed by atoms with van der Waals surface area (Å²) in [6.45, 7) is 2.54. The number of hydrogen-bond acceptors (Lipinski definition) is 4. The van der Waals surface area contributed by atoms with Gasteiger partial charge in [-0.25, -0.2) is 0 Å². The molecule has 3 aromatic rings. The summed E-state index contributed by atoms with van der Waals surface area (Å²) >= 11 is 6.66. The number of rotatable bonds is 5. The maximum absolute atomic E-state index is 12.4. The molecule has 1 amide bonds. The van der Waals surface area contributed by atoms with Crippen LogP contribution in [0.3, 0.4) is 0 Å². The summed E-state index contributed by atoms with van der Waals surface area (Å²) < 4.78 is 0.625. The van der Waals surface area contributed by atoms with Crippen molar-refractivity contribution >= 4 is 57.3 Å². The summed E-state index contributed by atoms with van der Waals surface area (Å²) in [5.41, 5.74) is 4.22. The third-order valence-corrected chi connectivity index (χ3v) is 6.05. The molecular formula is C24H20N2OS2. The first-order valence-corrected chi connectivity index (χ1v) is 10.7. The fraction of sp³-hybridized carbons (Fsp3) is 0.0833. The van der Waals surface area contributed by atoms with Crippen molar-refractivity contribution in [1.82, 2.24) is 4.90 Å². The average Bonchev–Trinajstić information content (AvgIpc) is 3.03. The Morgan fingerprint density at radius 2 is 1.38 bits per heavy atom. The van der Waals surface area contributed by atoms with Crippen LogP contribution >= 0.6 is 24.0 Å².